The van der Waals surface area contributed by atoms with Crippen LogP contribution in [0.25, 0.3) is 50.5 Å². The van der Waals surface area contributed by atoms with Gasteiger partial charge in [-0.05, 0) is 47.5 Å². The summed E-state index contributed by atoms with van der Waals surface area (Å²) in [4.78, 5) is 25.0. The van der Waals surface area contributed by atoms with Crippen LogP contribution in [0.1, 0.15) is 19.3 Å². The van der Waals surface area contributed by atoms with Crippen molar-refractivity contribution in [2.75, 3.05) is 0 Å². The highest BCUT2D eigenvalue weighted by atomic mass is 32.1. The molecule has 0 spiro atoms. The molecule has 4 nitrogen and oxygen atoms in total. The Labute approximate surface area is 197 Å². The number of rotatable bonds is 4. The normalized spacial score (nSPS) is 11.6. The molecule has 0 aliphatic carbocycles. The average molecular weight is 493 g/mol. The molecule has 32 heavy (non-hydrogen) atoms. The zero-order chi connectivity index (χ0) is 22.0. The minimum atomic E-state index is -0.897. The molecule has 0 atom stereocenters. The van der Waals surface area contributed by atoms with E-state index in [1.54, 1.807) is 34.8 Å². The van der Waals surface area contributed by atoms with Gasteiger partial charge in [0.2, 0.25) is 0 Å². The molecule has 4 heterocycles. The Bertz CT molecular complexity index is 1570. The Morgan fingerprint density at radius 3 is 1.38 bits per heavy atom. The molecule has 0 amide bonds. The van der Waals surface area contributed by atoms with Crippen molar-refractivity contribution in [1.29, 1.82) is 0 Å². The fourth-order valence-corrected chi connectivity index (χ4v) is 8.19. The van der Waals surface area contributed by atoms with Gasteiger partial charge in [-0.25, -0.2) is 9.59 Å². The molecular formula is C24H12O4S4. The molecule has 8 heteroatoms. The van der Waals surface area contributed by atoms with E-state index in [1.165, 1.54) is 52.2 Å². The van der Waals surface area contributed by atoms with E-state index < -0.39 is 11.9 Å². The molecule has 156 valence electrons. The van der Waals surface area contributed by atoms with Gasteiger partial charge in [-0.15, -0.1) is 45.3 Å². The van der Waals surface area contributed by atoms with Crippen molar-refractivity contribution in [2.45, 2.75) is 0 Å². The van der Waals surface area contributed by atoms with Gasteiger partial charge in [0, 0.05) is 29.9 Å². The zero-order valence-corrected chi connectivity index (χ0v) is 19.4. The predicted octanol–water partition coefficient (Wildman–Crippen LogP) is 8.12. The van der Waals surface area contributed by atoms with Crippen LogP contribution in [0.3, 0.4) is 0 Å². The first-order valence-electron chi connectivity index (χ1n) is 9.54. The number of carboxylic acid groups (broad SMARTS) is 2. The second kappa shape index (κ2) is 7.25. The second-order valence-electron chi connectivity index (χ2n) is 7.22. The van der Waals surface area contributed by atoms with E-state index in [0.29, 0.717) is 9.75 Å². The first kappa shape index (κ1) is 19.6. The molecule has 2 N–H and O–H groups in total. The van der Waals surface area contributed by atoms with Crippen LogP contribution in [-0.4, -0.2) is 22.2 Å². The van der Waals surface area contributed by atoms with Crippen LogP contribution in [0.2, 0.25) is 0 Å². The molecule has 0 fully saturated rings. The molecular weight excluding hydrogens is 481 g/mol. The fraction of sp³-hybridized carbons (Fsp3) is 0. The van der Waals surface area contributed by atoms with Gasteiger partial charge >= 0.3 is 11.9 Å². The van der Waals surface area contributed by atoms with E-state index in [0.717, 1.165) is 20.9 Å². The highest BCUT2D eigenvalue weighted by Crippen LogP contribution is 2.46. The topological polar surface area (TPSA) is 74.6 Å². The van der Waals surface area contributed by atoms with Crippen molar-refractivity contribution in [3.05, 3.63) is 70.4 Å². The van der Waals surface area contributed by atoms with E-state index in [-0.39, 0.29) is 0 Å². The van der Waals surface area contributed by atoms with Crippen LogP contribution in [-0.2, 0) is 0 Å². The van der Waals surface area contributed by atoms with Gasteiger partial charge < -0.3 is 10.2 Å². The third kappa shape index (κ3) is 3.07. The minimum absolute atomic E-state index is 0.343. The van der Waals surface area contributed by atoms with Gasteiger partial charge in [-0.1, -0.05) is 24.3 Å². The molecule has 0 saturated heterocycles. The van der Waals surface area contributed by atoms with Crippen molar-refractivity contribution < 1.29 is 19.8 Å². The summed E-state index contributed by atoms with van der Waals surface area (Å²) in [7, 11) is 0. The maximum absolute atomic E-state index is 11.2. The van der Waals surface area contributed by atoms with Crippen molar-refractivity contribution in [1.82, 2.24) is 0 Å². The van der Waals surface area contributed by atoms with Crippen LogP contribution in [0.15, 0.2) is 60.7 Å². The molecule has 6 aromatic rings. The molecule has 0 radical (unpaired) electrons. The van der Waals surface area contributed by atoms with Gasteiger partial charge in [0.05, 0.1) is 9.40 Å². The standard InChI is InChI=1S/C24H12O4S4/c25-23(26)17-7-5-15(29-17)11-1-3-13-19(9-11)31-22-14-4-2-12(10-20(14)32-21(13)22)16-6-8-18(30-16)24(27)28/h1-10H,(H,25,26)(H,27,28). The summed E-state index contributed by atoms with van der Waals surface area (Å²) in [5.74, 6) is -1.79. The SMILES string of the molecule is O=C(O)c1ccc(-c2ccc3c(c2)sc2c4ccc(-c5ccc(C(=O)O)s5)cc4sc32)s1. The van der Waals surface area contributed by atoms with E-state index >= 15 is 0 Å². The molecule has 0 unspecified atom stereocenters. The van der Waals surface area contributed by atoms with Gasteiger partial charge in [-0.2, -0.15) is 0 Å². The van der Waals surface area contributed by atoms with Crippen LogP contribution < -0.4 is 0 Å². The minimum Gasteiger partial charge on any atom is -0.477 e. The number of hydrogen-bond donors (Lipinski definition) is 2. The molecule has 0 bridgehead atoms. The van der Waals surface area contributed by atoms with Crippen LogP contribution >= 0.6 is 45.3 Å². The summed E-state index contributed by atoms with van der Waals surface area (Å²) in [6.45, 7) is 0. The largest absolute Gasteiger partial charge is 0.477 e. The maximum Gasteiger partial charge on any atom is 0.345 e. The molecule has 2 aromatic carbocycles. The molecule has 4 aromatic heterocycles. The first-order chi connectivity index (χ1) is 15.5. The summed E-state index contributed by atoms with van der Waals surface area (Å²) in [6.07, 6.45) is 0. The third-order valence-electron chi connectivity index (χ3n) is 5.29. The van der Waals surface area contributed by atoms with Crippen molar-refractivity contribution in [2.24, 2.45) is 0 Å². The average Bonchev–Trinajstić information content (AvgIpc) is 3.55. The van der Waals surface area contributed by atoms with E-state index in [4.69, 9.17) is 0 Å². The number of carboxylic acids is 2. The highest BCUT2D eigenvalue weighted by molar-refractivity contribution is 7.36. The van der Waals surface area contributed by atoms with Crippen molar-refractivity contribution in [3.8, 4) is 20.9 Å². The second-order valence-corrected chi connectivity index (χ2v) is 11.5. The van der Waals surface area contributed by atoms with Gasteiger partial charge in [0.25, 0.3) is 0 Å². The number of hydrogen-bond acceptors (Lipinski definition) is 6. The van der Waals surface area contributed by atoms with Gasteiger partial charge in [-0.3, -0.25) is 0 Å². The number of fused-ring (bicyclic) bond motifs is 5. The fourth-order valence-electron chi connectivity index (χ4n) is 3.78. The lowest BCUT2D eigenvalue weighted by Gasteiger charge is -1.99. The quantitative estimate of drug-likeness (QED) is 0.260. The number of thiophene rings is 4. The monoisotopic (exact) mass is 492 g/mol. The smallest absolute Gasteiger partial charge is 0.345 e. The summed E-state index contributed by atoms with van der Waals surface area (Å²) in [6, 6.07) is 19.7. The summed E-state index contributed by atoms with van der Waals surface area (Å²) < 4.78 is 4.87. The number of aromatic carboxylic acids is 2. The molecule has 0 aliphatic heterocycles. The Morgan fingerprint density at radius 2 is 1.00 bits per heavy atom. The van der Waals surface area contributed by atoms with Gasteiger partial charge in [0.1, 0.15) is 9.75 Å². The lowest BCUT2D eigenvalue weighted by atomic mass is 10.1. The zero-order valence-electron chi connectivity index (χ0n) is 16.1. The Hall–Kier alpha value is -3.04. The molecule has 0 aliphatic rings. The molecule has 0 saturated carbocycles. The summed E-state index contributed by atoms with van der Waals surface area (Å²) in [5.41, 5.74) is 2.06. The molecule has 6 rings (SSSR count). The van der Waals surface area contributed by atoms with E-state index in [9.17, 15) is 19.8 Å². The Morgan fingerprint density at radius 1 is 0.562 bits per heavy atom. The number of benzene rings is 2. The highest BCUT2D eigenvalue weighted by Gasteiger charge is 2.16. The number of carbonyl (C=O) groups is 2. The maximum atomic E-state index is 11.2. The van der Waals surface area contributed by atoms with Gasteiger partial charge in [0.15, 0.2) is 0 Å². The summed E-state index contributed by atoms with van der Waals surface area (Å²) in [5, 5.41) is 20.8. The van der Waals surface area contributed by atoms with E-state index in [2.05, 4.69) is 36.4 Å². The van der Waals surface area contributed by atoms with Crippen LogP contribution in [0.4, 0.5) is 0 Å². The Balaban J connectivity index is 1.44. The van der Waals surface area contributed by atoms with Crippen molar-refractivity contribution in [3.63, 3.8) is 0 Å². The van der Waals surface area contributed by atoms with Crippen LogP contribution in [0.5, 0.6) is 0 Å². The first-order valence-corrected chi connectivity index (χ1v) is 12.8. The Kier molecular flexibility index (Phi) is 4.44. The summed E-state index contributed by atoms with van der Waals surface area (Å²) >= 11 is 6.08. The lowest BCUT2D eigenvalue weighted by molar-refractivity contribution is 0.0691. The third-order valence-corrected chi connectivity index (χ3v) is 10.0. The van der Waals surface area contributed by atoms with Crippen molar-refractivity contribution >= 4 is 86.9 Å². The van der Waals surface area contributed by atoms with Crippen LogP contribution in [0, 0.1) is 0 Å². The lowest BCUT2D eigenvalue weighted by Crippen LogP contribution is -1.89. The van der Waals surface area contributed by atoms with E-state index in [1.807, 2.05) is 12.1 Å². The predicted molar refractivity (Wildman–Crippen MR) is 135 cm³/mol.